The van der Waals surface area contributed by atoms with Gasteiger partial charge in [0.25, 0.3) is 0 Å². The molecule has 0 radical (unpaired) electrons. The molecule has 102 valence electrons. The molecule has 20 heavy (non-hydrogen) atoms. The van der Waals surface area contributed by atoms with E-state index in [0.29, 0.717) is 11.4 Å². The van der Waals surface area contributed by atoms with Crippen LogP contribution < -0.4 is 10.4 Å². The van der Waals surface area contributed by atoms with Gasteiger partial charge in [0.15, 0.2) is 0 Å². The molecule has 0 atom stereocenters. The first-order chi connectivity index (χ1) is 9.63. The van der Waals surface area contributed by atoms with Crippen LogP contribution in [0.5, 0.6) is 5.75 Å². The van der Waals surface area contributed by atoms with E-state index < -0.39 is 0 Å². The van der Waals surface area contributed by atoms with Gasteiger partial charge >= 0.3 is 5.69 Å². The highest BCUT2D eigenvalue weighted by molar-refractivity contribution is 14.1. The van der Waals surface area contributed by atoms with Gasteiger partial charge in [-0.05, 0) is 41.6 Å². The normalized spacial score (nSPS) is 10.9. The largest absolute Gasteiger partial charge is 0.495 e. The van der Waals surface area contributed by atoms with Crippen molar-refractivity contribution < 1.29 is 4.74 Å². The number of ether oxygens (including phenoxy) is 1. The molecule has 3 rings (SSSR count). The highest BCUT2D eigenvalue weighted by Gasteiger charge is 2.13. The first-order valence-electron chi connectivity index (χ1n) is 6.02. The third-order valence-electron chi connectivity index (χ3n) is 3.14. The Balaban J connectivity index is 2.40. The number of aromatic nitrogens is 3. The minimum Gasteiger partial charge on any atom is -0.495 e. The Hall–Kier alpha value is -1.83. The molecule has 2 heterocycles. The zero-order valence-electron chi connectivity index (χ0n) is 11.0. The lowest BCUT2D eigenvalue weighted by molar-refractivity contribution is 0.412. The van der Waals surface area contributed by atoms with Crippen LogP contribution in [0, 0.1) is 10.6 Å². The quantitative estimate of drug-likeness (QED) is 0.641. The van der Waals surface area contributed by atoms with Crippen LogP contribution in [0.1, 0.15) is 5.56 Å². The SMILES string of the molecule is COc1ccccc1-n1cc(C)c2ncc(I)n2c1=O. The molecule has 0 fully saturated rings. The fourth-order valence-corrected chi connectivity index (χ4v) is 2.78. The Bertz CT molecular complexity index is 851. The molecule has 2 aromatic heterocycles. The van der Waals surface area contributed by atoms with Crippen LogP contribution in [-0.2, 0) is 0 Å². The van der Waals surface area contributed by atoms with E-state index in [-0.39, 0.29) is 5.69 Å². The number of para-hydroxylation sites is 2. The van der Waals surface area contributed by atoms with E-state index in [4.69, 9.17) is 4.74 Å². The van der Waals surface area contributed by atoms with Gasteiger partial charge in [-0.1, -0.05) is 12.1 Å². The van der Waals surface area contributed by atoms with Crippen molar-refractivity contribution in [3.8, 4) is 11.4 Å². The lowest BCUT2D eigenvalue weighted by atomic mass is 10.2. The van der Waals surface area contributed by atoms with E-state index in [0.717, 1.165) is 15.0 Å². The smallest absolute Gasteiger partial charge is 0.339 e. The highest BCUT2D eigenvalue weighted by atomic mass is 127. The Labute approximate surface area is 129 Å². The lowest BCUT2D eigenvalue weighted by Gasteiger charge is -2.12. The Morgan fingerprint density at radius 3 is 2.80 bits per heavy atom. The monoisotopic (exact) mass is 381 g/mol. The summed E-state index contributed by atoms with van der Waals surface area (Å²) in [4.78, 5) is 16.9. The maximum atomic E-state index is 12.7. The summed E-state index contributed by atoms with van der Waals surface area (Å²) in [7, 11) is 1.59. The van der Waals surface area contributed by atoms with Gasteiger partial charge in [-0.15, -0.1) is 0 Å². The van der Waals surface area contributed by atoms with Crippen molar-refractivity contribution in [2.24, 2.45) is 0 Å². The Morgan fingerprint density at radius 2 is 2.05 bits per heavy atom. The van der Waals surface area contributed by atoms with E-state index in [9.17, 15) is 4.79 Å². The van der Waals surface area contributed by atoms with Crippen molar-refractivity contribution in [3.63, 3.8) is 0 Å². The number of fused-ring (bicyclic) bond motifs is 1. The summed E-state index contributed by atoms with van der Waals surface area (Å²) < 4.78 is 9.31. The average molecular weight is 381 g/mol. The van der Waals surface area contributed by atoms with Crippen LogP contribution in [0.2, 0.25) is 0 Å². The fourth-order valence-electron chi connectivity index (χ4n) is 2.21. The number of hydrogen-bond acceptors (Lipinski definition) is 3. The van der Waals surface area contributed by atoms with Crippen molar-refractivity contribution in [1.82, 2.24) is 14.0 Å². The zero-order chi connectivity index (χ0) is 14.3. The minimum atomic E-state index is -0.156. The summed E-state index contributed by atoms with van der Waals surface area (Å²) >= 11 is 2.11. The molecule has 5 nitrogen and oxygen atoms in total. The van der Waals surface area contributed by atoms with Crippen LogP contribution in [0.15, 0.2) is 41.5 Å². The molecule has 3 aromatic rings. The number of benzene rings is 1. The number of imidazole rings is 1. The lowest BCUT2D eigenvalue weighted by Crippen LogP contribution is -2.26. The Kier molecular flexibility index (Phi) is 3.25. The van der Waals surface area contributed by atoms with Crippen molar-refractivity contribution in [2.45, 2.75) is 6.92 Å². The maximum Gasteiger partial charge on any atom is 0.339 e. The van der Waals surface area contributed by atoms with Crippen LogP contribution >= 0.6 is 22.6 Å². The van der Waals surface area contributed by atoms with Crippen LogP contribution in [-0.4, -0.2) is 21.1 Å². The molecule has 0 saturated heterocycles. The van der Waals surface area contributed by atoms with E-state index in [1.807, 2.05) is 31.2 Å². The van der Waals surface area contributed by atoms with Crippen molar-refractivity contribution >= 4 is 28.2 Å². The van der Waals surface area contributed by atoms with Crippen LogP contribution in [0.4, 0.5) is 0 Å². The van der Waals surface area contributed by atoms with Crippen molar-refractivity contribution in [2.75, 3.05) is 7.11 Å². The highest BCUT2D eigenvalue weighted by Crippen LogP contribution is 2.21. The van der Waals surface area contributed by atoms with Gasteiger partial charge in [-0.3, -0.25) is 4.57 Å². The van der Waals surface area contributed by atoms with Crippen molar-refractivity contribution in [3.05, 3.63) is 56.4 Å². The van der Waals surface area contributed by atoms with Crippen molar-refractivity contribution in [1.29, 1.82) is 0 Å². The van der Waals surface area contributed by atoms with E-state index >= 15 is 0 Å². The number of halogens is 1. The minimum absolute atomic E-state index is 0.156. The molecular formula is C14H12IN3O2. The average Bonchev–Trinajstić information content (AvgIpc) is 2.85. The zero-order valence-corrected chi connectivity index (χ0v) is 13.2. The summed E-state index contributed by atoms with van der Waals surface area (Å²) in [5.41, 5.74) is 2.18. The standard InChI is InChI=1S/C14H12IN3O2/c1-9-8-17(10-5-3-4-6-11(10)20-2)14(19)18-12(15)7-16-13(9)18/h3-8H,1-2H3. The Morgan fingerprint density at radius 1 is 1.30 bits per heavy atom. The third kappa shape index (κ3) is 1.91. The predicted octanol–water partition coefficient (Wildman–Crippen LogP) is 2.41. The van der Waals surface area contributed by atoms with Gasteiger partial charge < -0.3 is 4.74 Å². The number of aryl methyl sites for hydroxylation is 1. The fraction of sp³-hybridized carbons (Fsp3) is 0.143. The molecule has 0 aliphatic heterocycles. The van der Waals surface area contributed by atoms with Gasteiger partial charge in [0.1, 0.15) is 15.1 Å². The predicted molar refractivity (Wildman–Crippen MR) is 84.8 cm³/mol. The second-order valence-electron chi connectivity index (χ2n) is 4.38. The van der Waals surface area contributed by atoms with Gasteiger partial charge in [-0.25, -0.2) is 14.2 Å². The van der Waals surface area contributed by atoms with Gasteiger partial charge in [0.05, 0.1) is 19.0 Å². The van der Waals surface area contributed by atoms with Gasteiger partial charge in [0.2, 0.25) is 0 Å². The number of nitrogens with zero attached hydrogens (tertiary/aromatic N) is 3. The molecule has 0 aliphatic carbocycles. The second-order valence-corrected chi connectivity index (χ2v) is 5.48. The maximum absolute atomic E-state index is 12.7. The van der Waals surface area contributed by atoms with E-state index in [1.165, 1.54) is 0 Å². The van der Waals surface area contributed by atoms with Crippen LogP contribution in [0.25, 0.3) is 11.3 Å². The molecule has 0 amide bonds. The summed E-state index contributed by atoms with van der Waals surface area (Å²) in [6.45, 7) is 1.93. The van der Waals surface area contributed by atoms with E-state index in [1.54, 1.807) is 28.5 Å². The summed E-state index contributed by atoms with van der Waals surface area (Å²) in [5, 5.41) is 0. The molecule has 0 aliphatic rings. The molecule has 1 aromatic carbocycles. The summed E-state index contributed by atoms with van der Waals surface area (Å²) in [5.74, 6) is 0.656. The summed E-state index contributed by atoms with van der Waals surface area (Å²) in [6.07, 6.45) is 3.48. The topological polar surface area (TPSA) is 48.5 Å². The molecule has 0 bridgehead atoms. The summed E-state index contributed by atoms with van der Waals surface area (Å²) in [6, 6.07) is 7.44. The molecule has 6 heteroatoms. The molecule has 0 spiro atoms. The van der Waals surface area contributed by atoms with Gasteiger partial charge in [-0.2, -0.15) is 0 Å². The molecule has 0 unspecified atom stereocenters. The second kappa shape index (κ2) is 4.93. The number of rotatable bonds is 2. The third-order valence-corrected chi connectivity index (χ3v) is 3.90. The van der Waals surface area contributed by atoms with Crippen LogP contribution in [0.3, 0.4) is 0 Å². The first kappa shape index (κ1) is 13.2. The molecule has 0 N–H and O–H groups in total. The van der Waals surface area contributed by atoms with E-state index in [2.05, 4.69) is 27.6 Å². The molecular weight excluding hydrogens is 369 g/mol. The van der Waals surface area contributed by atoms with Gasteiger partial charge in [0, 0.05) is 11.8 Å². The molecule has 0 saturated carbocycles. The number of hydrogen-bond donors (Lipinski definition) is 0. The number of methoxy groups -OCH3 is 1. The first-order valence-corrected chi connectivity index (χ1v) is 7.10.